The average molecular weight is 506 g/mol. The van der Waals surface area contributed by atoms with Crippen LogP contribution in [0, 0.1) is 5.82 Å². The first kappa shape index (κ1) is 26.9. The average Bonchev–Trinajstić information content (AvgIpc) is 3.16. The van der Waals surface area contributed by atoms with Gasteiger partial charge in [-0.25, -0.2) is 4.39 Å². The van der Waals surface area contributed by atoms with E-state index in [2.05, 4.69) is 0 Å². The molecule has 1 fully saturated rings. The highest BCUT2D eigenvalue weighted by molar-refractivity contribution is 5.75. The molecular weight excluding hydrogens is 481 g/mol. The van der Waals surface area contributed by atoms with Gasteiger partial charge in [0.2, 0.25) is 5.91 Å². The smallest absolute Gasteiger partial charge is 0.377 e. The van der Waals surface area contributed by atoms with Gasteiger partial charge in [0.25, 0.3) is 0 Å². The number of ether oxygens (including phenoxy) is 1. The monoisotopic (exact) mass is 506 g/mol. The van der Waals surface area contributed by atoms with Gasteiger partial charge >= 0.3 is 12.4 Å². The molecule has 1 amide bonds. The predicted molar refractivity (Wildman–Crippen MR) is 114 cm³/mol. The van der Waals surface area contributed by atoms with Crippen molar-refractivity contribution in [1.29, 1.82) is 0 Å². The lowest BCUT2D eigenvalue weighted by atomic mass is 9.91. The summed E-state index contributed by atoms with van der Waals surface area (Å²) >= 11 is 0. The lowest BCUT2D eigenvalue weighted by Crippen LogP contribution is -2.41. The highest BCUT2D eigenvalue weighted by atomic mass is 19.4. The number of nitrogens with zero attached hydrogens (tertiary/aromatic N) is 1. The van der Waals surface area contributed by atoms with Gasteiger partial charge in [-0.3, -0.25) is 9.69 Å². The van der Waals surface area contributed by atoms with E-state index in [4.69, 9.17) is 10.5 Å². The summed E-state index contributed by atoms with van der Waals surface area (Å²) in [4.78, 5) is 13.2. The topological polar surface area (TPSA) is 55.6 Å². The van der Waals surface area contributed by atoms with E-state index in [0.717, 1.165) is 5.56 Å². The van der Waals surface area contributed by atoms with Crippen LogP contribution in [0.1, 0.15) is 41.0 Å². The van der Waals surface area contributed by atoms with Gasteiger partial charge in [0.15, 0.2) is 0 Å². The number of likely N-dealkylation sites (N-methyl/N-ethyl adjacent to an activating group) is 1. The van der Waals surface area contributed by atoms with Gasteiger partial charge < -0.3 is 10.5 Å². The normalized spacial score (nSPS) is 21.0. The van der Waals surface area contributed by atoms with E-state index in [1.807, 2.05) is 0 Å². The molecule has 3 unspecified atom stereocenters. The van der Waals surface area contributed by atoms with Crippen LogP contribution < -0.4 is 5.73 Å². The maximum absolute atomic E-state index is 13.5. The van der Waals surface area contributed by atoms with E-state index in [1.165, 1.54) is 12.1 Å². The van der Waals surface area contributed by atoms with Crippen LogP contribution in [0.15, 0.2) is 42.5 Å². The molecule has 1 aliphatic rings. The Balaban J connectivity index is 1.78. The fraction of sp³-hybridized carbons (Fsp3) is 0.458. The van der Waals surface area contributed by atoms with Crippen molar-refractivity contribution in [2.24, 2.45) is 5.73 Å². The molecule has 3 rings (SSSR count). The second-order valence-electron chi connectivity index (χ2n) is 8.68. The predicted octanol–water partition coefficient (Wildman–Crippen LogP) is 5.15. The Bertz CT molecular complexity index is 990. The van der Waals surface area contributed by atoms with Crippen molar-refractivity contribution in [3.05, 3.63) is 70.5 Å². The summed E-state index contributed by atoms with van der Waals surface area (Å²) in [7, 11) is 1.72. The highest BCUT2D eigenvalue weighted by Crippen LogP contribution is 2.40. The molecule has 1 aliphatic carbocycles. The molecule has 0 spiro atoms. The third-order valence-electron chi connectivity index (χ3n) is 6.16. The fourth-order valence-electron chi connectivity index (χ4n) is 4.60. The quantitative estimate of drug-likeness (QED) is 0.504. The molecule has 4 nitrogen and oxygen atoms in total. The molecule has 0 radical (unpaired) electrons. The van der Waals surface area contributed by atoms with Gasteiger partial charge in [-0.15, -0.1) is 0 Å². The van der Waals surface area contributed by atoms with Crippen molar-refractivity contribution in [2.75, 3.05) is 20.2 Å². The van der Waals surface area contributed by atoms with Crippen molar-refractivity contribution in [1.82, 2.24) is 4.90 Å². The summed E-state index contributed by atoms with van der Waals surface area (Å²) in [5, 5.41) is 0. The number of amides is 1. The number of benzene rings is 2. The lowest BCUT2D eigenvalue weighted by molar-refractivity contribution is -0.143. The van der Waals surface area contributed by atoms with Crippen molar-refractivity contribution in [3.63, 3.8) is 0 Å². The molecule has 2 aromatic rings. The number of hydrogen-bond donors (Lipinski definition) is 1. The Kier molecular flexibility index (Phi) is 8.10. The summed E-state index contributed by atoms with van der Waals surface area (Å²) < 4.78 is 98.1. The summed E-state index contributed by atoms with van der Waals surface area (Å²) in [6.45, 7) is -0.132. The van der Waals surface area contributed by atoms with Gasteiger partial charge in [0.1, 0.15) is 5.82 Å². The Morgan fingerprint density at radius 2 is 1.57 bits per heavy atom. The SMILES string of the molecule is CN(CC(N)=O)C1CCC(OCCc2cc(C(F)(F)F)cc(C(F)(F)F)c2)C1c1ccc(F)cc1. The van der Waals surface area contributed by atoms with Crippen LogP contribution in [0.4, 0.5) is 30.7 Å². The van der Waals surface area contributed by atoms with E-state index in [0.29, 0.717) is 25.0 Å². The Morgan fingerprint density at radius 3 is 2.09 bits per heavy atom. The van der Waals surface area contributed by atoms with Crippen LogP contribution in [0.25, 0.3) is 0 Å². The van der Waals surface area contributed by atoms with Gasteiger partial charge in [0.05, 0.1) is 30.4 Å². The maximum Gasteiger partial charge on any atom is 0.416 e. The molecule has 0 bridgehead atoms. The Labute approximate surface area is 197 Å². The van der Waals surface area contributed by atoms with Crippen molar-refractivity contribution >= 4 is 5.91 Å². The van der Waals surface area contributed by atoms with Gasteiger partial charge in [-0.2, -0.15) is 26.3 Å². The standard InChI is InChI=1S/C24H25F7N2O2/c1-33(13-21(32)34)19-6-7-20(22(19)15-2-4-18(25)5-3-15)35-9-8-14-10-16(23(26,27)28)12-17(11-14)24(29,30)31/h2-5,10-12,19-20,22H,6-9,13H2,1H3,(H2,32,34). The number of rotatable bonds is 8. The number of carbonyl (C=O) groups is 1. The van der Waals surface area contributed by atoms with E-state index in [9.17, 15) is 35.5 Å². The first-order valence-corrected chi connectivity index (χ1v) is 10.9. The van der Waals surface area contributed by atoms with Gasteiger partial charge in [-0.1, -0.05) is 12.1 Å². The fourth-order valence-corrected chi connectivity index (χ4v) is 4.60. The largest absolute Gasteiger partial charge is 0.416 e. The molecule has 11 heteroatoms. The van der Waals surface area contributed by atoms with Crippen molar-refractivity contribution < 1.29 is 40.3 Å². The maximum atomic E-state index is 13.5. The van der Waals surface area contributed by atoms with Crippen LogP contribution in [0.2, 0.25) is 0 Å². The molecule has 0 saturated heterocycles. The number of halogens is 7. The summed E-state index contributed by atoms with van der Waals surface area (Å²) in [6.07, 6.45) is -9.30. The van der Waals surface area contributed by atoms with Gasteiger partial charge in [-0.05, 0) is 67.8 Å². The summed E-state index contributed by atoms with van der Waals surface area (Å²) in [5.74, 6) is -1.26. The molecule has 35 heavy (non-hydrogen) atoms. The zero-order chi connectivity index (χ0) is 26.0. The molecule has 0 aliphatic heterocycles. The number of primary amides is 1. The Hall–Kier alpha value is -2.66. The summed E-state index contributed by atoms with van der Waals surface area (Å²) in [6, 6.07) is 7.05. The number of carbonyl (C=O) groups excluding carboxylic acids is 1. The van der Waals surface area contributed by atoms with Gasteiger partial charge in [0, 0.05) is 12.0 Å². The van der Waals surface area contributed by atoms with E-state index >= 15 is 0 Å². The molecular formula is C24H25F7N2O2. The lowest BCUT2D eigenvalue weighted by Gasteiger charge is -2.31. The van der Waals surface area contributed by atoms with Crippen LogP contribution in [0.5, 0.6) is 0 Å². The molecule has 0 heterocycles. The minimum atomic E-state index is -4.92. The van der Waals surface area contributed by atoms with Crippen molar-refractivity contribution in [2.45, 2.75) is 49.7 Å². The second-order valence-corrected chi connectivity index (χ2v) is 8.68. The molecule has 2 N–H and O–H groups in total. The minimum Gasteiger partial charge on any atom is -0.377 e. The molecule has 1 saturated carbocycles. The molecule has 3 atom stereocenters. The summed E-state index contributed by atoms with van der Waals surface area (Å²) in [5.41, 5.74) is 3.16. The van der Waals surface area contributed by atoms with Crippen LogP contribution in [-0.2, 0) is 28.3 Å². The Morgan fingerprint density at radius 1 is 1.00 bits per heavy atom. The number of hydrogen-bond acceptors (Lipinski definition) is 3. The first-order chi connectivity index (χ1) is 16.3. The van der Waals surface area contributed by atoms with E-state index < -0.39 is 41.3 Å². The second kappa shape index (κ2) is 10.5. The zero-order valence-corrected chi connectivity index (χ0v) is 18.8. The van der Waals surface area contributed by atoms with Crippen LogP contribution >= 0.6 is 0 Å². The van der Waals surface area contributed by atoms with Crippen LogP contribution in [-0.4, -0.2) is 43.2 Å². The zero-order valence-electron chi connectivity index (χ0n) is 18.8. The third kappa shape index (κ3) is 6.94. The van der Waals surface area contributed by atoms with E-state index in [-0.39, 0.29) is 43.2 Å². The van der Waals surface area contributed by atoms with E-state index in [1.54, 1.807) is 24.1 Å². The molecule has 192 valence electrons. The van der Waals surface area contributed by atoms with Crippen molar-refractivity contribution in [3.8, 4) is 0 Å². The molecule has 2 aromatic carbocycles. The molecule has 0 aromatic heterocycles. The number of nitrogens with two attached hydrogens (primary N) is 1. The highest BCUT2D eigenvalue weighted by Gasteiger charge is 2.40. The first-order valence-electron chi connectivity index (χ1n) is 10.9. The van der Waals surface area contributed by atoms with Crippen LogP contribution in [0.3, 0.4) is 0 Å². The minimum absolute atomic E-state index is 0.0144. The third-order valence-corrected chi connectivity index (χ3v) is 6.16. The number of alkyl halides is 6.